The molecule has 0 spiro atoms. The third-order valence-electron chi connectivity index (χ3n) is 3.01. The van der Waals surface area contributed by atoms with Crippen LogP contribution in [-0.4, -0.2) is 44.0 Å². The van der Waals surface area contributed by atoms with Crippen molar-refractivity contribution < 1.29 is 0 Å². The van der Waals surface area contributed by atoms with E-state index in [1.54, 1.807) is 0 Å². The summed E-state index contributed by atoms with van der Waals surface area (Å²) in [6.07, 6.45) is 0. The highest BCUT2D eigenvalue weighted by atomic mass is 15.2. The van der Waals surface area contributed by atoms with E-state index in [9.17, 15) is 0 Å². The molecule has 0 aromatic heterocycles. The predicted molar refractivity (Wildman–Crippen MR) is 78.5 cm³/mol. The van der Waals surface area contributed by atoms with Crippen molar-refractivity contribution in [3.63, 3.8) is 0 Å². The van der Waals surface area contributed by atoms with Crippen LogP contribution in [0.1, 0.15) is 19.4 Å². The second-order valence-electron chi connectivity index (χ2n) is 4.86. The summed E-state index contributed by atoms with van der Waals surface area (Å²) in [6, 6.07) is 8.33. The van der Waals surface area contributed by atoms with E-state index in [1.165, 1.54) is 5.69 Å². The second-order valence-corrected chi connectivity index (χ2v) is 4.86. The van der Waals surface area contributed by atoms with Crippen LogP contribution in [0.3, 0.4) is 0 Å². The van der Waals surface area contributed by atoms with Crippen LogP contribution in [0.2, 0.25) is 0 Å². The molecule has 1 unspecified atom stereocenters. The lowest BCUT2D eigenvalue weighted by Gasteiger charge is -2.32. The fourth-order valence-electron chi connectivity index (χ4n) is 2.21. The number of hydrogen-bond acceptors (Lipinski definition) is 3. The number of anilines is 1. The van der Waals surface area contributed by atoms with Crippen LogP contribution in [0, 0.1) is 5.41 Å². The molecular weight excluding hydrogens is 224 g/mol. The molecule has 1 rings (SSSR count). The van der Waals surface area contributed by atoms with Crippen molar-refractivity contribution in [2.24, 2.45) is 5.73 Å². The van der Waals surface area contributed by atoms with Gasteiger partial charge in [-0.25, -0.2) is 0 Å². The first-order valence-electron chi connectivity index (χ1n) is 6.31. The van der Waals surface area contributed by atoms with Crippen LogP contribution in [-0.2, 0) is 0 Å². The first-order valence-corrected chi connectivity index (χ1v) is 6.31. The Kier molecular flexibility index (Phi) is 5.16. The van der Waals surface area contributed by atoms with Gasteiger partial charge in [0.25, 0.3) is 0 Å². The fourth-order valence-corrected chi connectivity index (χ4v) is 2.21. The van der Waals surface area contributed by atoms with Crippen molar-refractivity contribution >= 4 is 11.5 Å². The molecule has 0 bridgehead atoms. The maximum Gasteiger partial charge on any atom is 0.122 e. The van der Waals surface area contributed by atoms with Crippen LogP contribution in [0.4, 0.5) is 5.69 Å². The Morgan fingerprint density at radius 1 is 1.28 bits per heavy atom. The smallest absolute Gasteiger partial charge is 0.122 e. The highest BCUT2D eigenvalue weighted by Gasteiger charge is 2.13. The minimum atomic E-state index is 0.117. The molecule has 1 aromatic rings. The Labute approximate surface area is 110 Å². The number of likely N-dealkylation sites (N-methyl/N-ethyl adjacent to an activating group) is 2. The topological polar surface area (TPSA) is 56.4 Å². The summed E-state index contributed by atoms with van der Waals surface area (Å²) in [6.45, 7) is 6.37. The summed E-state index contributed by atoms with van der Waals surface area (Å²) in [7, 11) is 4.17. The Balaban J connectivity index is 2.85. The number of benzene rings is 1. The maximum absolute atomic E-state index is 7.39. The molecule has 4 heteroatoms. The molecule has 0 radical (unpaired) electrons. The molecule has 100 valence electrons. The molecule has 0 heterocycles. The van der Waals surface area contributed by atoms with Gasteiger partial charge in [-0.05, 0) is 52.2 Å². The minimum absolute atomic E-state index is 0.117. The molecule has 0 saturated heterocycles. The zero-order chi connectivity index (χ0) is 13.7. The molecule has 1 aromatic carbocycles. The van der Waals surface area contributed by atoms with Gasteiger partial charge >= 0.3 is 0 Å². The van der Waals surface area contributed by atoms with Gasteiger partial charge in [-0.3, -0.25) is 5.41 Å². The van der Waals surface area contributed by atoms with Gasteiger partial charge < -0.3 is 15.5 Å². The molecule has 0 aliphatic heterocycles. The first kappa shape index (κ1) is 14.5. The molecule has 0 fully saturated rings. The van der Waals surface area contributed by atoms with Crippen molar-refractivity contribution in [2.75, 3.05) is 32.1 Å². The monoisotopic (exact) mass is 248 g/mol. The largest absolute Gasteiger partial charge is 0.384 e. The highest BCUT2D eigenvalue weighted by molar-refractivity contribution is 5.95. The molecule has 0 aliphatic rings. The number of nitrogens with two attached hydrogens (primary N) is 1. The number of nitrogens with zero attached hydrogens (tertiary/aromatic N) is 2. The molecule has 0 saturated carbocycles. The van der Waals surface area contributed by atoms with Crippen LogP contribution in [0.25, 0.3) is 0 Å². The summed E-state index contributed by atoms with van der Waals surface area (Å²) in [5.74, 6) is 0.117. The third-order valence-corrected chi connectivity index (χ3v) is 3.01. The number of nitrogen functional groups attached to an aromatic ring is 1. The zero-order valence-electron chi connectivity index (χ0n) is 11.8. The fraction of sp³-hybridized carbons (Fsp3) is 0.500. The number of rotatable bonds is 6. The van der Waals surface area contributed by atoms with E-state index < -0.39 is 0 Å². The Morgan fingerprint density at radius 3 is 2.22 bits per heavy atom. The van der Waals surface area contributed by atoms with Crippen LogP contribution >= 0.6 is 0 Å². The second kappa shape index (κ2) is 6.40. The molecule has 1 atom stereocenters. The average molecular weight is 248 g/mol. The number of amidine groups is 1. The van der Waals surface area contributed by atoms with Crippen molar-refractivity contribution in [2.45, 2.75) is 19.9 Å². The lowest BCUT2D eigenvalue weighted by molar-refractivity contribution is 0.373. The van der Waals surface area contributed by atoms with Crippen molar-refractivity contribution in [1.82, 2.24) is 4.90 Å². The van der Waals surface area contributed by atoms with E-state index in [4.69, 9.17) is 11.1 Å². The van der Waals surface area contributed by atoms with Crippen LogP contribution in [0.15, 0.2) is 24.3 Å². The molecule has 3 N–H and O–H groups in total. The summed E-state index contributed by atoms with van der Waals surface area (Å²) < 4.78 is 0. The number of nitrogens with one attached hydrogen (secondary N) is 1. The van der Waals surface area contributed by atoms with Crippen molar-refractivity contribution in [3.8, 4) is 0 Å². The standard InChI is InChI=1S/C14H24N4/c1-5-18(11(2)10-17(3)4)13-8-6-12(7-9-13)14(15)16/h6-9,11H,5,10H2,1-4H3,(H3,15,16). The third kappa shape index (κ3) is 3.74. The van der Waals surface area contributed by atoms with Gasteiger partial charge in [0, 0.05) is 30.4 Å². The van der Waals surface area contributed by atoms with Gasteiger partial charge in [0.1, 0.15) is 5.84 Å². The lowest BCUT2D eigenvalue weighted by atomic mass is 10.1. The van der Waals surface area contributed by atoms with Gasteiger partial charge in [0.15, 0.2) is 0 Å². The summed E-state index contributed by atoms with van der Waals surface area (Å²) >= 11 is 0. The van der Waals surface area contributed by atoms with Crippen molar-refractivity contribution in [1.29, 1.82) is 5.41 Å². The van der Waals surface area contributed by atoms with E-state index >= 15 is 0 Å². The maximum atomic E-state index is 7.39. The van der Waals surface area contributed by atoms with E-state index in [2.05, 4.69) is 37.7 Å². The SMILES string of the molecule is CCN(c1ccc(C(=N)N)cc1)C(C)CN(C)C. The summed E-state index contributed by atoms with van der Waals surface area (Å²) in [5, 5.41) is 7.39. The molecular formula is C14H24N4. The van der Waals surface area contributed by atoms with Crippen LogP contribution < -0.4 is 10.6 Å². The van der Waals surface area contributed by atoms with Crippen LogP contribution in [0.5, 0.6) is 0 Å². The van der Waals surface area contributed by atoms with Gasteiger partial charge in [-0.1, -0.05) is 0 Å². The van der Waals surface area contributed by atoms with E-state index in [1.807, 2.05) is 24.3 Å². The van der Waals surface area contributed by atoms with E-state index in [0.29, 0.717) is 6.04 Å². The lowest BCUT2D eigenvalue weighted by Crippen LogP contribution is -2.40. The molecule has 0 amide bonds. The number of hydrogen-bond donors (Lipinski definition) is 2. The molecule has 18 heavy (non-hydrogen) atoms. The molecule has 4 nitrogen and oxygen atoms in total. The van der Waals surface area contributed by atoms with Gasteiger partial charge in [-0.15, -0.1) is 0 Å². The Bertz CT molecular complexity index is 383. The first-order chi connectivity index (χ1) is 8.45. The summed E-state index contributed by atoms with van der Waals surface area (Å²) in [4.78, 5) is 4.54. The summed E-state index contributed by atoms with van der Waals surface area (Å²) in [5.41, 5.74) is 7.41. The Morgan fingerprint density at radius 2 is 1.83 bits per heavy atom. The quantitative estimate of drug-likeness (QED) is 0.595. The zero-order valence-corrected chi connectivity index (χ0v) is 11.8. The minimum Gasteiger partial charge on any atom is -0.384 e. The average Bonchev–Trinajstić information content (AvgIpc) is 2.29. The van der Waals surface area contributed by atoms with E-state index in [-0.39, 0.29) is 5.84 Å². The predicted octanol–water partition coefficient (Wildman–Crippen LogP) is 1.75. The van der Waals surface area contributed by atoms with Crippen molar-refractivity contribution in [3.05, 3.63) is 29.8 Å². The van der Waals surface area contributed by atoms with E-state index in [0.717, 1.165) is 18.7 Å². The van der Waals surface area contributed by atoms with Gasteiger partial charge in [0.05, 0.1) is 0 Å². The highest BCUT2D eigenvalue weighted by Crippen LogP contribution is 2.18. The Hall–Kier alpha value is -1.55. The van der Waals surface area contributed by atoms with Gasteiger partial charge in [0.2, 0.25) is 0 Å². The van der Waals surface area contributed by atoms with Gasteiger partial charge in [-0.2, -0.15) is 0 Å². The normalized spacial score (nSPS) is 12.5. The molecule has 0 aliphatic carbocycles.